The zero-order valence-electron chi connectivity index (χ0n) is 18.5. The molecule has 1 aliphatic heterocycles. The Hall–Kier alpha value is -2.74. The smallest absolute Gasteiger partial charge is 0.318 e. The molecule has 34 heavy (non-hydrogen) atoms. The van der Waals surface area contributed by atoms with Crippen LogP contribution in [-0.4, -0.2) is 39.2 Å². The van der Waals surface area contributed by atoms with Gasteiger partial charge in [-0.15, -0.1) is 0 Å². The minimum absolute atomic E-state index is 0.0586. The van der Waals surface area contributed by atoms with Gasteiger partial charge in [0.2, 0.25) is 0 Å². The van der Waals surface area contributed by atoms with Gasteiger partial charge in [0.05, 0.1) is 29.9 Å². The largest absolute Gasteiger partial charge is 0.394 e. The lowest BCUT2D eigenvalue weighted by Crippen LogP contribution is -2.45. The van der Waals surface area contributed by atoms with Crippen LogP contribution in [0.3, 0.4) is 0 Å². The molecular weight excluding hydrogens is 478 g/mol. The van der Waals surface area contributed by atoms with E-state index < -0.39 is 11.9 Å². The van der Waals surface area contributed by atoms with Gasteiger partial charge in [0, 0.05) is 24.2 Å². The number of hydrogen-bond donors (Lipinski definition) is 2. The molecule has 0 aliphatic carbocycles. The van der Waals surface area contributed by atoms with Crippen LogP contribution in [0, 0.1) is 5.82 Å². The highest BCUT2D eigenvalue weighted by atomic mass is 35.5. The van der Waals surface area contributed by atoms with E-state index in [2.05, 4.69) is 16.4 Å². The van der Waals surface area contributed by atoms with Gasteiger partial charge in [0.25, 0.3) is 0 Å². The van der Waals surface area contributed by atoms with Gasteiger partial charge in [-0.2, -0.15) is 0 Å². The first-order valence-electron chi connectivity index (χ1n) is 11.1. The summed E-state index contributed by atoms with van der Waals surface area (Å²) in [6.07, 6.45) is 5.00. The molecule has 0 radical (unpaired) electrons. The second-order valence-electron chi connectivity index (χ2n) is 8.27. The van der Waals surface area contributed by atoms with Crippen molar-refractivity contribution in [1.29, 1.82) is 0 Å². The number of halogens is 3. The molecular formula is C25H25Cl2FN4O2. The Bertz CT molecular complexity index is 1180. The average Bonchev–Trinajstić information content (AvgIpc) is 2.84. The van der Waals surface area contributed by atoms with Crippen LogP contribution >= 0.6 is 23.2 Å². The van der Waals surface area contributed by atoms with E-state index in [1.807, 2.05) is 24.4 Å². The van der Waals surface area contributed by atoms with Crippen LogP contribution in [0.25, 0.3) is 0 Å². The maximum Gasteiger partial charge on any atom is 0.318 e. The van der Waals surface area contributed by atoms with E-state index in [-0.39, 0.29) is 17.7 Å². The highest BCUT2D eigenvalue weighted by Gasteiger charge is 2.25. The van der Waals surface area contributed by atoms with Crippen LogP contribution in [0.15, 0.2) is 48.7 Å². The molecule has 2 N–H and O–H groups in total. The zero-order valence-corrected chi connectivity index (χ0v) is 20.0. The van der Waals surface area contributed by atoms with E-state index >= 15 is 0 Å². The molecule has 2 amide bonds. The van der Waals surface area contributed by atoms with E-state index in [0.29, 0.717) is 25.1 Å². The molecule has 2 heterocycles. The molecule has 178 valence electrons. The number of carbonyl (C=O) groups is 1. The number of amides is 2. The van der Waals surface area contributed by atoms with Gasteiger partial charge in [0.1, 0.15) is 11.6 Å². The van der Waals surface area contributed by atoms with Crippen molar-refractivity contribution >= 4 is 29.2 Å². The van der Waals surface area contributed by atoms with Crippen LogP contribution < -0.4 is 5.32 Å². The average molecular weight is 503 g/mol. The number of hydrogen-bond acceptors (Lipinski definition) is 4. The van der Waals surface area contributed by atoms with Crippen LogP contribution in [0.1, 0.15) is 40.7 Å². The maximum atomic E-state index is 13.5. The molecule has 0 fully saturated rings. The summed E-state index contributed by atoms with van der Waals surface area (Å²) in [6.45, 7) is 0.531. The number of nitrogens with one attached hydrogen (secondary N) is 1. The number of nitrogens with zero attached hydrogens (tertiary/aromatic N) is 3. The van der Waals surface area contributed by atoms with Crippen molar-refractivity contribution in [3.8, 4) is 0 Å². The van der Waals surface area contributed by atoms with Gasteiger partial charge in [-0.25, -0.2) is 19.2 Å². The van der Waals surface area contributed by atoms with E-state index in [1.165, 1.54) is 23.8 Å². The fraction of sp³-hybridized carbons (Fsp3) is 0.320. The topological polar surface area (TPSA) is 78.4 Å². The first-order chi connectivity index (χ1) is 16.4. The second-order valence-corrected chi connectivity index (χ2v) is 9.12. The summed E-state index contributed by atoms with van der Waals surface area (Å²) in [7, 11) is 0. The van der Waals surface area contributed by atoms with Gasteiger partial charge < -0.3 is 15.3 Å². The van der Waals surface area contributed by atoms with Crippen molar-refractivity contribution in [3.63, 3.8) is 0 Å². The normalized spacial score (nSPS) is 13.9. The van der Waals surface area contributed by atoms with Crippen LogP contribution in [0.4, 0.5) is 9.18 Å². The maximum absolute atomic E-state index is 13.5. The number of aliphatic hydroxyl groups excluding tert-OH is 1. The van der Waals surface area contributed by atoms with Crippen LogP contribution in [-0.2, 0) is 25.8 Å². The summed E-state index contributed by atoms with van der Waals surface area (Å²) < 4.78 is 13.5. The molecule has 4 rings (SSSR count). The predicted octanol–water partition coefficient (Wildman–Crippen LogP) is 4.90. The second kappa shape index (κ2) is 11.1. The number of aromatic nitrogens is 2. The van der Waals surface area contributed by atoms with Gasteiger partial charge in [0.15, 0.2) is 0 Å². The molecule has 1 aliphatic rings. The Kier molecular flexibility index (Phi) is 7.98. The predicted molar refractivity (Wildman–Crippen MR) is 129 cm³/mol. The number of fused-ring (bicyclic) bond motifs is 1. The first kappa shape index (κ1) is 24.4. The van der Waals surface area contributed by atoms with E-state index in [9.17, 15) is 14.3 Å². The molecule has 0 unspecified atom stereocenters. The molecule has 2 aromatic carbocycles. The number of aliphatic hydroxyl groups is 1. The fourth-order valence-corrected chi connectivity index (χ4v) is 4.39. The Morgan fingerprint density at radius 1 is 1.21 bits per heavy atom. The molecule has 0 bridgehead atoms. The number of rotatable bonds is 7. The number of benzene rings is 2. The van der Waals surface area contributed by atoms with Crippen molar-refractivity contribution in [2.45, 2.75) is 38.3 Å². The third-order valence-electron chi connectivity index (χ3n) is 5.86. The van der Waals surface area contributed by atoms with Gasteiger partial charge >= 0.3 is 6.03 Å². The molecule has 0 saturated carbocycles. The van der Waals surface area contributed by atoms with Gasteiger partial charge in [-0.1, -0.05) is 41.4 Å². The molecule has 1 atom stereocenters. The number of urea groups is 1. The van der Waals surface area contributed by atoms with E-state index in [4.69, 9.17) is 28.2 Å². The van der Waals surface area contributed by atoms with Crippen molar-refractivity contribution < 1.29 is 14.3 Å². The van der Waals surface area contributed by atoms with Crippen LogP contribution in [0.5, 0.6) is 0 Å². The summed E-state index contributed by atoms with van der Waals surface area (Å²) in [5.74, 6) is 0.196. The molecule has 9 heteroatoms. The minimum Gasteiger partial charge on any atom is -0.394 e. The lowest BCUT2D eigenvalue weighted by molar-refractivity contribution is 0.176. The van der Waals surface area contributed by atoms with Gasteiger partial charge in [-0.3, -0.25) is 0 Å². The monoisotopic (exact) mass is 502 g/mol. The summed E-state index contributed by atoms with van der Waals surface area (Å²) >= 11 is 11.9. The highest BCUT2D eigenvalue weighted by molar-refractivity contribution is 6.31. The van der Waals surface area contributed by atoms with Crippen molar-refractivity contribution in [2.24, 2.45) is 0 Å². The fourth-order valence-electron chi connectivity index (χ4n) is 3.99. The summed E-state index contributed by atoms with van der Waals surface area (Å²) in [4.78, 5) is 23.7. The Labute approximate surface area is 207 Å². The lowest BCUT2D eigenvalue weighted by atomic mass is 10.1. The molecule has 0 saturated heterocycles. The van der Waals surface area contributed by atoms with Crippen molar-refractivity contribution in [1.82, 2.24) is 20.2 Å². The van der Waals surface area contributed by atoms with E-state index in [0.717, 1.165) is 41.4 Å². The van der Waals surface area contributed by atoms with E-state index in [1.54, 1.807) is 4.90 Å². The lowest BCUT2D eigenvalue weighted by Gasteiger charge is -2.30. The van der Waals surface area contributed by atoms with Crippen molar-refractivity contribution in [2.75, 3.05) is 13.2 Å². The Morgan fingerprint density at radius 2 is 2.06 bits per heavy atom. The van der Waals surface area contributed by atoms with Crippen molar-refractivity contribution in [3.05, 3.63) is 92.7 Å². The minimum atomic E-state index is -0.695. The third kappa shape index (κ3) is 6.03. The zero-order chi connectivity index (χ0) is 24.1. The standard InChI is InChI=1S/C25H25Cl2FN4O2/c26-19-5-1-3-16(11-19)4-2-6-24-29-13-18-9-10-32(14-22(18)30-24)25(34)31-23(15-33)17-7-8-21(28)20(27)12-17/h1,3,5,7-8,11-13,23,33H,2,4,6,9-10,14-15H2,(H,31,34)/t23-/m1/s1. The Morgan fingerprint density at radius 3 is 2.82 bits per heavy atom. The molecule has 1 aromatic heterocycles. The summed E-state index contributed by atoms with van der Waals surface area (Å²) in [5.41, 5.74) is 3.57. The van der Waals surface area contributed by atoms with Gasteiger partial charge in [-0.05, 0) is 60.2 Å². The summed E-state index contributed by atoms with van der Waals surface area (Å²) in [5, 5.41) is 13.2. The molecule has 6 nitrogen and oxygen atoms in total. The Balaban J connectivity index is 1.36. The van der Waals surface area contributed by atoms with Crippen LogP contribution in [0.2, 0.25) is 10.0 Å². The highest BCUT2D eigenvalue weighted by Crippen LogP contribution is 2.22. The SMILES string of the molecule is O=C(N[C@H](CO)c1ccc(F)c(Cl)c1)N1CCc2cnc(CCCc3cccc(Cl)c3)nc2C1. The third-order valence-corrected chi connectivity index (χ3v) is 6.39. The molecule has 0 spiro atoms. The number of aryl methyl sites for hydroxylation is 2. The first-order valence-corrected chi connectivity index (χ1v) is 11.9. The summed E-state index contributed by atoms with van der Waals surface area (Å²) in [6, 6.07) is 10.9. The quantitative estimate of drug-likeness (QED) is 0.481. The molecule has 3 aromatic rings. The number of carbonyl (C=O) groups excluding carboxylic acids is 1.